The molecule has 12 aromatic rings. The SMILES string of the molecule is c1ccc(-c2ccc(C3N=C(c4cccc5oc6ccccc6c45)N=C(c4ccc(-c5cc(-c6cccc7sc8ccccc8c67)cc6oc7ccccc7c56)cc4)N3)cc2)cc1. The predicted octanol–water partition coefficient (Wildman–Crippen LogP) is 15.3. The first-order valence-electron chi connectivity index (χ1n) is 21.2. The van der Waals surface area contributed by atoms with Crippen LogP contribution in [-0.2, 0) is 0 Å². The Kier molecular flexibility index (Phi) is 8.08. The summed E-state index contributed by atoms with van der Waals surface area (Å²) in [4.78, 5) is 10.6. The van der Waals surface area contributed by atoms with Crippen molar-refractivity contribution in [3.63, 3.8) is 0 Å². The first-order chi connectivity index (χ1) is 31.2. The van der Waals surface area contributed by atoms with E-state index in [-0.39, 0.29) is 6.17 Å². The van der Waals surface area contributed by atoms with Gasteiger partial charge in [0.2, 0.25) is 0 Å². The van der Waals surface area contributed by atoms with Gasteiger partial charge in [0, 0.05) is 52.8 Å². The molecular weight excluding hydrogens is 791 g/mol. The normalized spacial score (nSPS) is 14.2. The summed E-state index contributed by atoms with van der Waals surface area (Å²) < 4.78 is 15.5. The van der Waals surface area contributed by atoms with Crippen LogP contribution in [0.4, 0.5) is 0 Å². The highest BCUT2D eigenvalue weighted by Gasteiger charge is 2.24. The Labute approximate surface area is 365 Å². The molecule has 1 aliphatic rings. The molecule has 0 amide bonds. The Morgan fingerprint density at radius 1 is 0.397 bits per heavy atom. The predicted molar refractivity (Wildman–Crippen MR) is 262 cm³/mol. The molecule has 9 aromatic carbocycles. The summed E-state index contributed by atoms with van der Waals surface area (Å²) in [6, 6.07) is 70.4. The summed E-state index contributed by atoms with van der Waals surface area (Å²) in [6.45, 7) is 0. The Morgan fingerprint density at radius 3 is 1.78 bits per heavy atom. The lowest BCUT2D eigenvalue weighted by Crippen LogP contribution is -2.33. The molecule has 1 aliphatic heterocycles. The molecule has 63 heavy (non-hydrogen) atoms. The zero-order valence-electron chi connectivity index (χ0n) is 33.7. The van der Waals surface area contributed by atoms with Crippen LogP contribution in [0.15, 0.2) is 219 Å². The minimum Gasteiger partial charge on any atom is -0.456 e. The molecular formula is C57H35N3O2S. The van der Waals surface area contributed by atoms with Crippen molar-refractivity contribution in [3.05, 3.63) is 217 Å². The molecule has 0 fully saturated rings. The van der Waals surface area contributed by atoms with Gasteiger partial charge in [0.1, 0.15) is 34.3 Å². The number of hydrogen-bond acceptors (Lipinski definition) is 6. The number of furan rings is 2. The number of aliphatic imine (C=N–C) groups is 2. The van der Waals surface area contributed by atoms with E-state index >= 15 is 0 Å². The van der Waals surface area contributed by atoms with Gasteiger partial charge in [0.15, 0.2) is 5.84 Å². The number of hydrogen-bond donors (Lipinski definition) is 1. The van der Waals surface area contributed by atoms with E-state index in [1.54, 1.807) is 0 Å². The second-order valence-electron chi connectivity index (χ2n) is 16.1. The zero-order chi connectivity index (χ0) is 41.4. The molecule has 0 saturated carbocycles. The largest absolute Gasteiger partial charge is 0.456 e. The van der Waals surface area contributed by atoms with Gasteiger partial charge in [-0.05, 0) is 81.4 Å². The van der Waals surface area contributed by atoms with E-state index in [0.29, 0.717) is 5.84 Å². The van der Waals surface area contributed by atoms with Crippen molar-refractivity contribution in [2.45, 2.75) is 6.17 Å². The Morgan fingerprint density at radius 2 is 0.984 bits per heavy atom. The molecule has 5 nitrogen and oxygen atoms in total. The smallest absolute Gasteiger partial charge is 0.160 e. The van der Waals surface area contributed by atoms with Crippen LogP contribution in [0.5, 0.6) is 0 Å². The average Bonchev–Trinajstić information content (AvgIpc) is 4.05. The average molecular weight is 826 g/mol. The van der Waals surface area contributed by atoms with Gasteiger partial charge in [-0.25, -0.2) is 9.98 Å². The minimum absolute atomic E-state index is 0.380. The van der Waals surface area contributed by atoms with E-state index in [0.717, 1.165) is 88.7 Å². The number of amidine groups is 2. The van der Waals surface area contributed by atoms with Crippen molar-refractivity contribution in [3.8, 4) is 33.4 Å². The number of nitrogens with one attached hydrogen (secondary N) is 1. The number of benzene rings is 9. The highest BCUT2D eigenvalue weighted by molar-refractivity contribution is 7.25. The van der Waals surface area contributed by atoms with Crippen molar-refractivity contribution in [1.82, 2.24) is 5.32 Å². The summed E-state index contributed by atoms with van der Waals surface area (Å²) in [6.07, 6.45) is -0.380. The molecule has 0 bridgehead atoms. The molecule has 0 radical (unpaired) electrons. The van der Waals surface area contributed by atoms with Gasteiger partial charge in [0.05, 0.1) is 0 Å². The third kappa shape index (κ3) is 5.91. The van der Waals surface area contributed by atoms with Crippen molar-refractivity contribution in [2.75, 3.05) is 0 Å². The second-order valence-corrected chi connectivity index (χ2v) is 17.2. The van der Waals surface area contributed by atoms with Crippen molar-refractivity contribution < 1.29 is 8.83 Å². The first-order valence-corrected chi connectivity index (χ1v) is 22.0. The molecule has 1 atom stereocenters. The lowest BCUT2D eigenvalue weighted by molar-refractivity contribution is 0.668. The molecule has 3 aromatic heterocycles. The van der Waals surface area contributed by atoms with Gasteiger partial charge < -0.3 is 14.2 Å². The standard InChI is InChI=1S/C57H35N3O2S/c1-2-12-34(13-3-1)35-24-28-37(29-25-35)55-58-56(60-57(59-55)44-18-10-21-48-52(44)41-14-4-7-19-46(41)61-48)38-30-26-36(27-31-38)45-32-39(33-49-53(45)42-15-5-8-20-47(42)62-49)40-17-11-23-51-54(40)43-16-6-9-22-50(43)63-51/h1-33,55H,(H,58,59,60). The van der Waals surface area contributed by atoms with E-state index in [9.17, 15) is 0 Å². The third-order valence-corrected chi connectivity index (χ3v) is 13.5. The van der Waals surface area contributed by atoms with Crippen LogP contribution in [0.25, 0.3) is 97.4 Å². The Bertz CT molecular complexity index is 3820. The van der Waals surface area contributed by atoms with Crippen LogP contribution in [0.1, 0.15) is 22.9 Å². The number of fused-ring (bicyclic) bond motifs is 9. The highest BCUT2D eigenvalue weighted by atomic mass is 32.1. The second kappa shape index (κ2) is 14.3. The molecule has 4 heterocycles. The molecule has 0 saturated heterocycles. The minimum atomic E-state index is -0.380. The molecule has 0 aliphatic carbocycles. The topological polar surface area (TPSA) is 63.0 Å². The fraction of sp³-hybridized carbons (Fsp3) is 0.0175. The summed E-state index contributed by atoms with van der Waals surface area (Å²) in [5, 5.41) is 10.5. The zero-order valence-corrected chi connectivity index (χ0v) is 34.6. The molecule has 6 heteroatoms. The maximum Gasteiger partial charge on any atom is 0.160 e. The summed E-state index contributed by atoms with van der Waals surface area (Å²) in [5.74, 6) is 1.40. The Balaban J connectivity index is 0.945. The fourth-order valence-corrected chi connectivity index (χ4v) is 10.5. The van der Waals surface area contributed by atoms with Crippen LogP contribution < -0.4 is 5.32 Å². The fourth-order valence-electron chi connectivity index (χ4n) is 9.40. The summed E-state index contributed by atoms with van der Waals surface area (Å²) >= 11 is 1.84. The highest BCUT2D eigenvalue weighted by Crippen LogP contribution is 2.44. The number of nitrogens with zero attached hydrogens (tertiary/aromatic N) is 2. The van der Waals surface area contributed by atoms with Crippen LogP contribution in [0, 0.1) is 0 Å². The van der Waals surface area contributed by atoms with Crippen molar-refractivity contribution in [2.24, 2.45) is 9.98 Å². The van der Waals surface area contributed by atoms with Crippen LogP contribution in [0.2, 0.25) is 0 Å². The molecule has 1 N–H and O–H groups in total. The number of rotatable bonds is 6. The van der Waals surface area contributed by atoms with E-state index in [2.05, 4.69) is 163 Å². The van der Waals surface area contributed by atoms with Crippen LogP contribution >= 0.6 is 11.3 Å². The first kappa shape index (κ1) is 35.7. The quantitative estimate of drug-likeness (QED) is 0.182. The molecule has 13 rings (SSSR count). The van der Waals surface area contributed by atoms with Gasteiger partial charge in [-0.1, -0.05) is 158 Å². The number of para-hydroxylation sites is 2. The van der Waals surface area contributed by atoms with Crippen molar-refractivity contribution >= 4 is 87.1 Å². The van der Waals surface area contributed by atoms with Gasteiger partial charge in [0.25, 0.3) is 0 Å². The van der Waals surface area contributed by atoms with Crippen molar-refractivity contribution in [1.29, 1.82) is 0 Å². The lowest BCUT2D eigenvalue weighted by atomic mass is 9.92. The van der Waals surface area contributed by atoms with Crippen LogP contribution in [-0.4, -0.2) is 11.7 Å². The monoisotopic (exact) mass is 825 g/mol. The van der Waals surface area contributed by atoms with E-state index in [4.69, 9.17) is 18.8 Å². The van der Waals surface area contributed by atoms with E-state index in [1.807, 2.05) is 53.8 Å². The molecule has 0 spiro atoms. The molecule has 296 valence electrons. The number of thiophene rings is 1. The van der Waals surface area contributed by atoms with Crippen LogP contribution in [0.3, 0.4) is 0 Å². The van der Waals surface area contributed by atoms with Gasteiger partial charge in [-0.2, -0.15) is 0 Å². The van der Waals surface area contributed by atoms with Gasteiger partial charge in [-0.15, -0.1) is 11.3 Å². The van der Waals surface area contributed by atoms with Gasteiger partial charge in [-0.3, -0.25) is 0 Å². The lowest BCUT2D eigenvalue weighted by Gasteiger charge is -2.24. The third-order valence-electron chi connectivity index (χ3n) is 12.4. The van der Waals surface area contributed by atoms with E-state index in [1.165, 1.54) is 31.3 Å². The maximum atomic E-state index is 6.62. The maximum absolute atomic E-state index is 6.62. The van der Waals surface area contributed by atoms with E-state index < -0.39 is 0 Å². The Hall–Kier alpha value is -8.06. The summed E-state index contributed by atoms with van der Waals surface area (Å²) in [7, 11) is 0. The molecule has 1 unspecified atom stereocenters. The summed E-state index contributed by atoms with van der Waals surface area (Å²) in [5.41, 5.74) is 13.2. The van der Waals surface area contributed by atoms with Gasteiger partial charge >= 0.3 is 0 Å².